The van der Waals surface area contributed by atoms with E-state index in [4.69, 9.17) is 10.5 Å². The molecular formula is C20H20BrN5O2. The van der Waals surface area contributed by atoms with Gasteiger partial charge in [-0.25, -0.2) is 14.8 Å². The lowest BCUT2D eigenvalue weighted by atomic mass is 9.72. The average Bonchev–Trinajstić information content (AvgIpc) is 2.97. The van der Waals surface area contributed by atoms with Gasteiger partial charge in [0.25, 0.3) is 0 Å². The molecule has 2 aliphatic rings. The molecule has 1 aromatic carbocycles. The molecule has 1 fully saturated rings. The zero-order valence-electron chi connectivity index (χ0n) is 15.5. The second kappa shape index (κ2) is 7.06. The number of hydrogen-bond donors (Lipinski definition) is 1. The van der Waals surface area contributed by atoms with Crippen LogP contribution in [0.15, 0.2) is 28.7 Å². The monoisotopic (exact) mass is 441 g/mol. The Hall–Kier alpha value is -2.66. The number of aryl methyl sites for hydroxylation is 1. The number of anilines is 1. The van der Waals surface area contributed by atoms with Crippen molar-refractivity contribution in [1.82, 2.24) is 9.97 Å². The molecule has 4 rings (SSSR count). The number of aromatic nitrogens is 2. The highest BCUT2D eigenvalue weighted by Gasteiger charge is 2.50. The third-order valence-corrected chi connectivity index (χ3v) is 6.83. The average molecular weight is 442 g/mol. The smallest absolute Gasteiger partial charge is 0.404 e. The number of nitrogens with two attached hydrogens (primary N) is 1. The normalized spacial score (nSPS) is 19.9. The SMILES string of the molecule is Cc1nc(N2CCC3(CC2)c2ccccc2C[C@H]3OC(N)=O)nc(C#N)c1Br. The van der Waals surface area contributed by atoms with E-state index in [1.165, 1.54) is 11.1 Å². The van der Waals surface area contributed by atoms with E-state index < -0.39 is 6.09 Å². The molecule has 1 spiro atoms. The van der Waals surface area contributed by atoms with Gasteiger partial charge in [0.15, 0.2) is 5.69 Å². The van der Waals surface area contributed by atoms with Crippen LogP contribution in [0, 0.1) is 18.3 Å². The molecule has 144 valence electrons. The third kappa shape index (κ3) is 3.00. The predicted molar refractivity (Wildman–Crippen MR) is 107 cm³/mol. The lowest BCUT2D eigenvalue weighted by Crippen LogP contribution is -2.49. The van der Waals surface area contributed by atoms with E-state index in [1.807, 2.05) is 19.1 Å². The van der Waals surface area contributed by atoms with Crippen LogP contribution in [0.4, 0.5) is 10.7 Å². The van der Waals surface area contributed by atoms with Crippen molar-refractivity contribution >= 4 is 28.0 Å². The summed E-state index contributed by atoms with van der Waals surface area (Å²) in [4.78, 5) is 22.5. The summed E-state index contributed by atoms with van der Waals surface area (Å²) in [5.41, 5.74) is 8.64. The fourth-order valence-electron chi connectivity index (χ4n) is 4.50. The largest absolute Gasteiger partial charge is 0.445 e. The molecule has 1 amide bonds. The van der Waals surface area contributed by atoms with E-state index in [0.29, 0.717) is 35.6 Å². The van der Waals surface area contributed by atoms with E-state index in [9.17, 15) is 10.1 Å². The van der Waals surface area contributed by atoms with Crippen molar-refractivity contribution in [2.75, 3.05) is 18.0 Å². The van der Waals surface area contributed by atoms with Gasteiger partial charge in [-0.3, -0.25) is 0 Å². The van der Waals surface area contributed by atoms with Gasteiger partial charge in [-0.1, -0.05) is 24.3 Å². The van der Waals surface area contributed by atoms with Crippen molar-refractivity contribution in [1.29, 1.82) is 5.26 Å². The fourth-order valence-corrected chi connectivity index (χ4v) is 4.77. The number of nitriles is 1. The van der Waals surface area contributed by atoms with Crippen LogP contribution in [-0.4, -0.2) is 35.3 Å². The Morgan fingerprint density at radius 3 is 2.75 bits per heavy atom. The van der Waals surface area contributed by atoms with Crippen LogP contribution in [0.25, 0.3) is 0 Å². The van der Waals surface area contributed by atoms with E-state index in [2.05, 4.69) is 49.0 Å². The molecule has 1 aliphatic heterocycles. The Morgan fingerprint density at radius 1 is 1.36 bits per heavy atom. The number of benzene rings is 1. The van der Waals surface area contributed by atoms with Gasteiger partial charge in [-0.15, -0.1) is 0 Å². The molecule has 1 atom stereocenters. The molecule has 1 aromatic heterocycles. The highest BCUT2D eigenvalue weighted by Crippen LogP contribution is 2.48. The van der Waals surface area contributed by atoms with Gasteiger partial charge < -0.3 is 15.4 Å². The predicted octanol–water partition coefficient (Wildman–Crippen LogP) is 2.98. The molecule has 28 heavy (non-hydrogen) atoms. The Labute approximate surface area is 171 Å². The first-order valence-corrected chi connectivity index (χ1v) is 9.97. The number of hydrogen-bond acceptors (Lipinski definition) is 6. The highest BCUT2D eigenvalue weighted by atomic mass is 79.9. The van der Waals surface area contributed by atoms with Gasteiger partial charge in [0.1, 0.15) is 12.2 Å². The number of halogens is 1. The molecule has 2 N–H and O–H groups in total. The molecule has 2 aromatic rings. The Kier molecular flexibility index (Phi) is 4.71. The maximum Gasteiger partial charge on any atom is 0.404 e. The van der Waals surface area contributed by atoms with Gasteiger partial charge in [-0.2, -0.15) is 5.26 Å². The Balaban J connectivity index is 1.63. The van der Waals surface area contributed by atoms with Crippen molar-refractivity contribution in [2.45, 2.75) is 37.7 Å². The van der Waals surface area contributed by atoms with Crippen LogP contribution in [0.1, 0.15) is 35.4 Å². The first-order valence-electron chi connectivity index (χ1n) is 9.18. The molecule has 8 heteroatoms. The molecule has 0 bridgehead atoms. The van der Waals surface area contributed by atoms with Gasteiger partial charge in [0, 0.05) is 24.9 Å². The Bertz CT molecular complexity index is 979. The van der Waals surface area contributed by atoms with Crippen LogP contribution in [0.3, 0.4) is 0 Å². The summed E-state index contributed by atoms with van der Waals surface area (Å²) in [6.45, 7) is 3.27. The van der Waals surface area contributed by atoms with Crippen LogP contribution in [-0.2, 0) is 16.6 Å². The van der Waals surface area contributed by atoms with E-state index in [0.717, 1.165) is 18.5 Å². The third-order valence-electron chi connectivity index (χ3n) is 5.88. The van der Waals surface area contributed by atoms with Gasteiger partial charge in [0.05, 0.1) is 10.2 Å². The summed E-state index contributed by atoms with van der Waals surface area (Å²) in [7, 11) is 0. The molecule has 1 saturated heterocycles. The van der Waals surface area contributed by atoms with Gasteiger partial charge in [-0.05, 0) is 46.8 Å². The molecule has 0 radical (unpaired) electrons. The first kappa shape index (κ1) is 18.7. The summed E-state index contributed by atoms with van der Waals surface area (Å²) in [5, 5.41) is 9.31. The van der Waals surface area contributed by atoms with Crippen molar-refractivity contribution in [3.05, 3.63) is 51.3 Å². The number of carbonyl (C=O) groups is 1. The zero-order valence-corrected chi connectivity index (χ0v) is 17.1. The topological polar surface area (TPSA) is 105 Å². The summed E-state index contributed by atoms with van der Waals surface area (Å²) in [5.74, 6) is 0.561. The number of amides is 1. The van der Waals surface area contributed by atoms with Crippen molar-refractivity contribution < 1.29 is 9.53 Å². The quantitative estimate of drug-likeness (QED) is 0.767. The van der Waals surface area contributed by atoms with Crippen LogP contribution in [0.2, 0.25) is 0 Å². The van der Waals surface area contributed by atoms with E-state index >= 15 is 0 Å². The molecule has 0 saturated carbocycles. The van der Waals surface area contributed by atoms with Crippen molar-refractivity contribution in [3.8, 4) is 6.07 Å². The minimum absolute atomic E-state index is 0.245. The number of piperidine rings is 1. The maximum absolute atomic E-state index is 11.5. The first-order chi connectivity index (χ1) is 13.4. The second-order valence-corrected chi connectivity index (χ2v) is 8.11. The number of rotatable bonds is 2. The minimum Gasteiger partial charge on any atom is -0.445 e. The molecule has 7 nitrogen and oxygen atoms in total. The summed E-state index contributed by atoms with van der Waals surface area (Å²) < 4.78 is 6.17. The zero-order chi connectivity index (χ0) is 19.9. The van der Waals surface area contributed by atoms with Gasteiger partial charge in [0.2, 0.25) is 5.95 Å². The summed E-state index contributed by atoms with van der Waals surface area (Å²) in [6.07, 6.45) is 1.29. The number of nitrogens with zero attached hydrogens (tertiary/aromatic N) is 4. The van der Waals surface area contributed by atoms with E-state index in [1.54, 1.807) is 0 Å². The molecule has 1 aliphatic carbocycles. The highest BCUT2D eigenvalue weighted by molar-refractivity contribution is 9.10. The molecule has 2 heterocycles. The number of ether oxygens (including phenoxy) is 1. The minimum atomic E-state index is -0.731. The van der Waals surface area contributed by atoms with Crippen molar-refractivity contribution in [3.63, 3.8) is 0 Å². The van der Waals surface area contributed by atoms with Crippen LogP contribution >= 0.6 is 15.9 Å². The second-order valence-electron chi connectivity index (χ2n) is 7.31. The number of fused-ring (bicyclic) bond motifs is 2. The fraction of sp³-hybridized carbons (Fsp3) is 0.400. The molecular weight excluding hydrogens is 422 g/mol. The Morgan fingerprint density at radius 2 is 2.07 bits per heavy atom. The number of primary amides is 1. The lowest BCUT2D eigenvalue weighted by molar-refractivity contribution is 0.0493. The number of carbonyl (C=O) groups excluding carboxylic acids is 1. The lowest BCUT2D eigenvalue weighted by Gasteiger charge is -2.43. The van der Waals surface area contributed by atoms with Crippen LogP contribution < -0.4 is 10.6 Å². The standard InChI is InChI=1S/C20H20BrN5O2/c1-12-17(21)15(11-22)25-19(24-12)26-8-6-20(7-9-26)14-5-3-2-4-13(14)10-16(20)28-18(23)27/h2-5,16H,6-10H2,1H3,(H2,23,27)/t16-/m1/s1. The molecule has 0 unspecified atom stereocenters. The summed E-state index contributed by atoms with van der Waals surface area (Å²) >= 11 is 3.37. The van der Waals surface area contributed by atoms with E-state index in [-0.39, 0.29) is 11.5 Å². The van der Waals surface area contributed by atoms with Crippen LogP contribution in [0.5, 0.6) is 0 Å². The summed E-state index contributed by atoms with van der Waals surface area (Å²) in [6, 6.07) is 10.4. The maximum atomic E-state index is 11.5. The van der Waals surface area contributed by atoms with Gasteiger partial charge >= 0.3 is 6.09 Å². The van der Waals surface area contributed by atoms with Crippen molar-refractivity contribution in [2.24, 2.45) is 5.73 Å².